The molecule has 0 fully saturated rings. The summed E-state index contributed by atoms with van der Waals surface area (Å²) in [7, 11) is 0. The first-order chi connectivity index (χ1) is 12.7. The molecule has 0 spiro atoms. The van der Waals surface area contributed by atoms with Crippen LogP contribution < -0.4 is 4.74 Å². The van der Waals surface area contributed by atoms with E-state index in [9.17, 15) is 0 Å². The maximum atomic E-state index is 6.36. The van der Waals surface area contributed by atoms with Crippen molar-refractivity contribution in [2.24, 2.45) is 5.10 Å². The number of aryl methyl sites for hydroxylation is 1. The smallest absolute Gasteiger partial charge is 0.213 e. The minimum atomic E-state index is -0.230. The first-order valence-electron chi connectivity index (χ1n) is 8.61. The predicted molar refractivity (Wildman–Crippen MR) is 106 cm³/mol. The number of benzene rings is 2. The van der Waals surface area contributed by atoms with Crippen LogP contribution in [0.1, 0.15) is 40.3 Å². The molecule has 5 rings (SSSR count). The molecule has 2 atom stereocenters. The summed E-state index contributed by atoms with van der Waals surface area (Å²) in [5, 5.41) is 9.87. The molecule has 0 unspecified atom stereocenters. The van der Waals surface area contributed by atoms with Gasteiger partial charge in [-0.2, -0.15) is 5.10 Å². The van der Waals surface area contributed by atoms with E-state index in [1.807, 2.05) is 18.2 Å². The average Bonchev–Trinajstić information content (AvgIpc) is 3.32. The molecular formula is C21H17ClN2OS. The van der Waals surface area contributed by atoms with Gasteiger partial charge in [-0.3, -0.25) is 0 Å². The number of halogens is 1. The van der Waals surface area contributed by atoms with Crippen molar-refractivity contribution in [1.82, 2.24) is 5.01 Å². The topological polar surface area (TPSA) is 24.8 Å². The van der Waals surface area contributed by atoms with Crippen molar-refractivity contribution in [3.8, 4) is 5.75 Å². The standard InChI is InChI=1S/C21H17ClN2OS/c1-13-4-6-14(7-5-13)21-24-18(12-17(23-24)20-3-2-10-26-20)16-11-15(22)8-9-19(16)25-21/h2-11,18,21H,12H2,1H3/t18-,21+/m1/s1. The zero-order valence-corrected chi connectivity index (χ0v) is 15.8. The second-order valence-electron chi connectivity index (χ2n) is 6.69. The number of hydrogen-bond acceptors (Lipinski definition) is 4. The highest BCUT2D eigenvalue weighted by atomic mass is 35.5. The van der Waals surface area contributed by atoms with Gasteiger partial charge in [0.15, 0.2) is 0 Å². The zero-order valence-electron chi connectivity index (χ0n) is 14.2. The van der Waals surface area contributed by atoms with Gasteiger partial charge in [-0.15, -0.1) is 11.3 Å². The van der Waals surface area contributed by atoms with Crippen LogP contribution in [0.5, 0.6) is 5.75 Å². The predicted octanol–water partition coefficient (Wildman–Crippen LogP) is 5.95. The van der Waals surface area contributed by atoms with E-state index in [2.05, 4.69) is 53.7 Å². The van der Waals surface area contributed by atoms with E-state index in [0.29, 0.717) is 0 Å². The van der Waals surface area contributed by atoms with Gasteiger partial charge in [0.2, 0.25) is 6.23 Å². The first-order valence-corrected chi connectivity index (χ1v) is 9.87. The molecule has 0 aliphatic carbocycles. The lowest BCUT2D eigenvalue weighted by Crippen LogP contribution is -2.33. The number of rotatable bonds is 2. The second kappa shape index (κ2) is 6.15. The Morgan fingerprint density at radius 1 is 1.15 bits per heavy atom. The van der Waals surface area contributed by atoms with Crippen molar-refractivity contribution in [3.63, 3.8) is 0 Å². The van der Waals surface area contributed by atoms with Gasteiger partial charge in [0.05, 0.1) is 16.6 Å². The number of hydrazone groups is 1. The van der Waals surface area contributed by atoms with Crippen molar-refractivity contribution in [3.05, 3.63) is 86.6 Å². The number of fused-ring (bicyclic) bond motifs is 3. The molecule has 2 aliphatic rings. The molecule has 26 heavy (non-hydrogen) atoms. The maximum absolute atomic E-state index is 6.36. The Hall–Kier alpha value is -2.30. The van der Waals surface area contributed by atoms with Crippen LogP contribution in [0.3, 0.4) is 0 Å². The highest BCUT2D eigenvalue weighted by Gasteiger charge is 2.41. The number of nitrogens with zero attached hydrogens (tertiary/aromatic N) is 2. The highest BCUT2D eigenvalue weighted by Crippen LogP contribution is 2.48. The van der Waals surface area contributed by atoms with E-state index in [4.69, 9.17) is 21.4 Å². The van der Waals surface area contributed by atoms with Crippen molar-refractivity contribution < 1.29 is 4.74 Å². The van der Waals surface area contributed by atoms with Crippen LogP contribution in [-0.2, 0) is 0 Å². The van der Waals surface area contributed by atoms with Crippen LogP contribution >= 0.6 is 22.9 Å². The summed E-state index contributed by atoms with van der Waals surface area (Å²) in [5.74, 6) is 0.892. The van der Waals surface area contributed by atoms with Crippen molar-refractivity contribution in [1.29, 1.82) is 0 Å². The van der Waals surface area contributed by atoms with Crippen molar-refractivity contribution in [2.75, 3.05) is 0 Å². The quantitative estimate of drug-likeness (QED) is 0.548. The van der Waals surface area contributed by atoms with Gasteiger partial charge in [0, 0.05) is 22.6 Å². The van der Waals surface area contributed by atoms with Gasteiger partial charge < -0.3 is 4.74 Å². The monoisotopic (exact) mass is 380 g/mol. The molecular weight excluding hydrogens is 364 g/mol. The summed E-state index contributed by atoms with van der Waals surface area (Å²) in [5.41, 5.74) is 4.56. The Kier molecular flexibility index (Phi) is 3.76. The van der Waals surface area contributed by atoms with E-state index in [1.54, 1.807) is 11.3 Å². The van der Waals surface area contributed by atoms with Crippen molar-refractivity contribution in [2.45, 2.75) is 25.6 Å². The molecule has 3 aromatic rings. The third-order valence-corrected chi connectivity index (χ3v) is 6.07. The summed E-state index contributed by atoms with van der Waals surface area (Å²) in [4.78, 5) is 1.21. The van der Waals surface area contributed by atoms with Gasteiger partial charge >= 0.3 is 0 Å². The molecule has 0 saturated heterocycles. The average molecular weight is 381 g/mol. The molecule has 1 aromatic heterocycles. The minimum Gasteiger partial charge on any atom is -0.464 e. The van der Waals surface area contributed by atoms with E-state index in [0.717, 1.165) is 34.0 Å². The summed E-state index contributed by atoms with van der Waals surface area (Å²) < 4.78 is 6.36. The lowest BCUT2D eigenvalue weighted by atomic mass is 9.97. The fourth-order valence-electron chi connectivity index (χ4n) is 3.60. The number of thiophene rings is 1. The first kappa shape index (κ1) is 15.9. The van der Waals surface area contributed by atoms with Gasteiger partial charge in [-0.25, -0.2) is 5.01 Å². The SMILES string of the molecule is Cc1ccc([C@@H]2Oc3ccc(Cl)cc3[C@H]3CC(c4cccs4)=NN32)cc1. The van der Waals surface area contributed by atoms with Crippen LogP contribution in [0.2, 0.25) is 5.02 Å². The Bertz CT molecular complexity index is 982. The molecule has 0 amide bonds. The highest BCUT2D eigenvalue weighted by molar-refractivity contribution is 7.12. The minimum absolute atomic E-state index is 0.140. The van der Waals surface area contributed by atoms with Gasteiger partial charge in [0.1, 0.15) is 5.75 Å². The molecule has 3 heterocycles. The molecule has 2 aromatic carbocycles. The maximum Gasteiger partial charge on any atom is 0.213 e. The lowest BCUT2D eigenvalue weighted by molar-refractivity contribution is -0.0190. The normalized spacial score (nSPS) is 21.0. The third kappa shape index (κ3) is 2.61. The fourth-order valence-corrected chi connectivity index (χ4v) is 4.50. The summed E-state index contributed by atoms with van der Waals surface area (Å²) in [6.07, 6.45) is 0.631. The fraction of sp³-hybridized carbons (Fsp3) is 0.190. The summed E-state index contributed by atoms with van der Waals surface area (Å²) >= 11 is 7.99. The molecule has 0 radical (unpaired) electrons. The summed E-state index contributed by atoms with van der Waals surface area (Å²) in [6.45, 7) is 2.09. The van der Waals surface area contributed by atoms with Gasteiger partial charge in [-0.05, 0) is 36.6 Å². The largest absolute Gasteiger partial charge is 0.464 e. The lowest BCUT2D eigenvalue weighted by Gasteiger charge is -2.38. The molecule has 2 aliphatic heterocycles. The molecule has 0 bridgehead atoms. The van der Waals surface area contributed by atoms with E-state index in [-0.39, 0.29) is 12.3 Å². The molecule has 0 saturated carbocycles. The second-order valence-corrected chi connectivity index (χ2v) is 8.07. The van der Waals surface area contributed by atoms with Crippen molar-refractivity contribution >= 4 is 28.6 Å². The van der Waals surface area contributed by atoms with Crippen LogP contribution in [-0.4, -0.2) is 10.7 Å². The number of ether oxygens (including phenoxy) is 1. The Morgan fingerprint density at radius 3 is 2.77 bits per heavy atom. The van der Waals surface area contributed by atoms with E-state index >= 15 is 0 Å². The Balaban J connectivity index is 1.61. The summed E-state index contributed by atoms with van der Waals surface area (Å²) in [6, 6.07) is 18.7. The molecule has 130 valence electrons. The Morgan fingerprint density at radius 2 is 2.00 bits per heavy atom. The number of hydrogen-bond donors (Lipinski definition) is 0. The van der Waals surface area contributed by atoms with Crippen LogP contribution in [0, 0.1) is 6.92 Å². The van der Waals surface area contributed by atoms with E-state index in [1.165, 1.54) is 10.4 Å². The third-order valence-electron chi connectivity index (χ3n) is 4.92. The van der Waals surface area contributed by atoms with Gasteiger partial charge in [0.25, 0.3) is 0 Å². The van der Waals surface area contributed by atoms with Crippen LogP contribution in [0.25, 0.3) is 0 Å². The van der Waals surface area contributed by atoms with E-state index < -0.39 is 0 Å². The van der Waals surface area contributed by atoms with Crippen LogP contribution in [0.4, 0.5) is 0 Å². The molecule has 5 heteroatoms. The van der Waals surface area contributed by atoms with Gasteiger partial charge in [-0.1, -0.05) is 47.5 Å². The zero-order chi connectivity index (χ0) is 17.7. The van der Waals surface area contributed by atoms with Crippen LogP contribution in [0.15, 0.2) is 65.1 Å². The molecule has 0 N–H and O–H groups in total. The Labute approximate surface area is 161 Å². The molecule has 3 nitrogen and oxygen atoms in total.